The molecule has 0 saturated carbocycles. The van der Waals surface area contributed by atoms with Crippen LogP contribution in [0.1, 0.15) is 23.2 Å². The second-order valence-corrected chi connectivity index (χ2v) is 6.78. The van der Waals surface area contributed by atoms with E-state index in [4.69, 9.17) is 18.0 Å². The van der Waals surface area contributed by atoms with E-state index in [1.807, 2.05) is 28.0 Å². The Hall–Kier alpha value is -0.590. The fourth-order valence-corrected chi connectivity index (χ4v) is 4.07. The number of nitrogens with zero attached hydrogens (tertiary/aromatic N) is 1. The molecular weight excluding hydrogens is 284 g/mol. The molecular formula is C12H16N2OS3. The average Bonchev–Trinajstić information content (AvgIpc) is 2.91. The SMILES string of the molecule is CSC1(C(N)=S)CCN(C(=O)c2ccsc2)CC1. The average molecular weight is 300 g/mol. The molecule has 2 N–H and O–H groups in total. The van der Waals surface area contributed by atoms with Crippen LogP contribution >= 0.6 is 35.3 Å². The molecule has 1 aliphatic rings. The van der Waals surface area contributed by atoms with Gasteiger partial charge in [0.15, 0.2) is 0 Å². The van der Waals surface area contributed by atoms with Gasteiger partial charge >= 0.3 is 0 Å². The summed E-state index contributed by atoms with van der Waals surface area (Å²) in [5.74, 6) is 0.119. The van der Waals surface area contributed by atoms with Gasteiger partial charge in [0, 0.05) is 18.5 Å². The van der Waals surface area contributed by atoms with Crippen molar-refractivity contribution in [3.05, 3.63) is 22.4 Å². The van der Waals surface area contributed by atoms with E-state index in [9.17, 15) is 4.79 Å². The van der Waals surface area contributed by atoms with Gasteiger partial charge in [-0.05, 0) is 30.5 Å². The van der Waals surface area contributed by atoms with Gasteiger partial charge in [0.1, 0.15) is 0 Å². The summed E-state index contributed by atoms with van der Waals surface area (Å²) in [6, 6.07) is 1.87. The molecule has 1 fully saturated rings. The molecule has 98 valence electrons. The quantitative estimate of drug-likeness (QED) is 0.871. The van der Waals surface area contributed by atoms with E-state index in [1.54, 1.807) is 23.1 Å². The first-order chi connectivity index (χ1) is 8.59. The molecule has 1 aliphatic heterocycles. The number of likely N-dealkylation sites (tertiary alicyclic amines) is 1. The molecule has 18 heavy (non-hydrogen) atoms. The molecule has 0 aromatic carbocycles. The van der Waals surface area contributed by atoms with Crippen molar-refractivity contribution in [2.45, 2.75) is 17.6 Å². The summed E-state index contributed by atoms with van der Waals surface area (Å²) in [4.78, 5) is 14.7. The highest BCUT2D eigenvalue weighted by atomic mass is 32.2. The van der Waals surface area contributed by atoms with Gasteiger partial charge in [0.2, 0.25) is 0 Å². The second-order valence-electron chi connectivity index (χ2n) is 4.37. The number of piperidine rings is 1. The first-order valence-corrected chi connectivity index (χ1v) is 8.33. The van der Waals surface area contributed by atoms with Gasteiger partial charge in [0.25, 0.3) is 5.91 Å². The number of rotatable bonds is 3. The molecule has 2 heterocycles. The van der Waals surface area contributed by atoms with Crippen molar-refractivity contribution in [1.82, 2.24) is 4.90 Å². The van der Waals surface area contributed by atoms with E-state index in [-0.39, 0.29) is 10.7 Å². The lowest BCUT2D eigenvalue weighted by atomic mass is 9.95. The van der Waals surface area contributed by atoms with Crippen LogP contribution in [0.25, 0.3) is 0 Å². The van der Waals surface area contributed by atoms with Gasteiger partial charge in [-0.1, -0.05) is 12.2 Å². The van der Waals surface area contributed by atoms with Crippen molar-refractivity contribution < 1.29 is 4.79 Å². The minimum Gasteiger partial charge on any atom is -0.392 e. The zero-order valence-corrected chi connectivity index (χ0v) is 12.7. The summed E-state index contributed by atoms with van der Waals surface area (Å²) in [6.45, 7) is 1.46. The summed E-state index contributed by atoms with van der Waals surface area (Å²) >= 11 is 8.43. The molecule has 3 nitrogen and oxygen atoms in total. The molecule has 0 unspecified atom stereocenters. The number of amides is 1. The lowest BCUT2D eigenvalue weighted by Crippen LogP contribution is -2.50. The van der Waals surface area contributed by atoms with E-state index in [1.165, 1.54) is 0 Å². The van der Waals surface area contributed by atoms with Crippen molar-refractivity contribution in [3.63, 3.8) is 0 Å². The van der Waals surface area contributed by atoms with Crippen molar-refractivity contribution >= 4 is 46.2 Å². The first-order valence-electron chi connectivity index (χ1n) is 5.75. The molecule has 0 spiro atoms. The predicted molar refractivity (Wildman–Crippen MR) is 82.5 cm³/mol. The van der Waals surface area contributed by atoms with Crippen LogP contribution < -0.4 is 5.73 Å². The highest BCUT2D eigenvalue weighted by molar-refractivity contribution is 8.02. The van der Waals surface area contributed by atoms with Gasteiger partial charge in [0.05, 0.1) is 15.3 Å². The number of hydrogen-bond donors (Lipinski definition) is 1. The Morgan fingerprint density at radius 2 is 2.22 bits per heavy atom. The van der Waals surface area contributed by atoms with Crippen LogP contribution in [-0.4, -0.2) is 39.9 Å². The number of thiocarbonyl (C=S) groups is 1. The molecule has 6 heteroatoms. The summed E-state index contributed by atoms with van der Waals surface area (Å²) < 4.78 is -0.124. The number of carbonyl (C=O) groups is 1. The monoisotopic (exact) mass is 300 g/mol. The normalized spacial score (nSPS) is 18.6. The zero-order chi connectivity index (χ0) is 13.2. The fraction of sp³-hybridized carbons (Fsp3) is 0.500. The smallest absolute Gasteiger partial charge is 0.254 e. The van der Waals surface area contributed by atoms with E-state index in [0.29, 0.717) is 4.99 Å². The van der Waals surface area contributed by atoms with Crippen LogP contribution in [0.5, 0.6) is 0 Å². The Bertz CT molecular complexity index is 436. The number of hydrogen-bond acceptors (Lipinski definition) is 4. The Morgan fingerprint density at radius 1 is 1.56 bits per heavy atom. The standard InChI is InChI=1S/C12H16N2OS3/c1-17-12(11(13)16)3-5-14(6-4-12)10(15)9-2-7-18-8-9/h2,7-8H,3-6H2,1H3,(H2,13,16). The van der Waals surface area contributed by atoms with Crippen molar-refractivity contribution in [1.29, 1.82) is 0 Å². The lowest BCUT2D eigenvalue weighted by molar-refractivity contribution is 0.0719. The maximum atomic E-state index is 12.2. The van der Waals surface area contributed by atoms with Gasteiger partial charge in [-0.15, -0.1) is 0 Å². The maximum Gasteiger partial charge on any atom is 0.254 e. The Balaban J connectivity index is 2.02. The highest BCUT2D eigenvalue weighted by Crippen LogP contribution is 2.35. The Kier molecular flexibility index (Phi) is 4.29. The predicted octanol–water partition coefficient (Wildman–Crippen LogP) is 2.37. The largest absolute Gasteiger partial charge is 0.392 e. The molecule has 1 saturated heterocycles. The molecule has 1 aromatic rings. The Labute approximate surface area is 121 Å². The second kappa shape index (κ2) is 5.59. The molecule has 0 aliphatic carbocycles. The molecule has 2 rings (SSSR count). The van der Waals surface area contributed by atoms with Crippen LogP contribution in [0.2, 0.25) is 0 Å². The van der Waals surface area contributed by atoms with Crippen molar-refractivity contribution in [2.75, 3.05) is 19.3 Å². The van der Waals surface area contributed by atoms with Crippen LogP contribution in [0.15, 0.2) is 16.8 Å². The Morgan fingerprint density at radius 3 is 2.67 bits per heavy atom. The highest BCUT2D eigenvalue weighted by Gasteiger charge is 2.37. The molecule has 0 radical (unpaired) electrons. The van der Waals surface area contributed by atoms with Crippen LogP contribution in [0.4, 0.5) is 0 Å². The van der Waals surface area contributed by atoms with Gasteiger partial charge in [-0.2, -0.15) is 23.1 Å². The summed E-state index contributed by atoms with van der Waals surface area (Å²) in [5.41, 5.74) is 6.62. The van der Waals surface area contributed by atoms with E-state index in [0.717, 1.165) is 31.5 Å². The van der Waals surface area contributed by atoms with Crippen molar-refractivity contribution in [3.8, 4) is 0 Å². The number of carbonyl (C=O) groups excluding carboxylic acids is 1. The topological polar surface area (TPSA) is 46.3 Å². The number of thioether (sulfide) groups is 1. The number of thiophene rings is 1. The van der Waals surface area contributed by atoms with E-state index >= 15 is 0 Å². The maximum absolute atomic E-state index is 12.2. The van der Waals surface area contributed by atoms with Gasteiger partial charge < -0.3 is 10.6 Å². The molecule has 1 amide bonds. The lowest BCUT2D eigenvalue weighted by Gasteiger charge is -2.40. The van der Waals surface area contributed by atoms with E-state index < -0.39 is 0 Å². The molecule has 0 bridgehead atoms. The minimum absolute atomic E-state index is 0.119. The fourth-order valence-electron chi connectivity index (χ4n) is 2.19. The van der Waals surface area contributed by atoms with Crippen LogP contribution in [-0.2, 0) is 0 Å². The van der Waals surface area contributed by atoms with Crippen LogP contribution in [0.3, 0.4) is 0 Å². The third-order valence-corrected chi connectivity index (χ3v) is 6.08. The molecule has 1 aromatic heterocycles. The van der Waals surface area contributed by atoms with E-state index in [2.05, 4.69) is 0 Å². The summed E-state index contributed by atoms with van der Waals surface area (Å²) in [7, 11) is 0. The zero-order valence-electron chi connectivity index (χ0n) is 10.2. The van der Waals surface area contributed by atoms with Gasteiger partial charge in [-0.25, -0.2) is 0 Å². The third kappa shape index (κ3) is 2.55. The van der Waals surface area contributed by atoms with Crippen LogP contribution in [0, 0.1) is 0 Å². The first kappa shape index (κ1) is 13.8. The summed E-state index contributed by atoms with van der Waals surface area (Å²) in [6.07, 6.45) is 3.73. The van der Waals surface area contributed by atoms with Gasteiger partial charge in [-0.3, -0.25) is 4.79 Å². The number of nitrogens with two attached hydrogens (primary N) is 1. The third-order valence-electron chi connectivity index (χ3n) is 3.47. The minimum atomic E-state index is -0.124. The van der Waals surface area contributed by atoms with Crippen molar-refractivity contribution in [2.24, 2.45) is 5.73 Å². The molecule has 0 atom stereocenters. The summed E-state index contributed by atoms with van der Waals surface area (Å²) in [5, 5.41) is 3.82.